The zero-order chi connectivity index (χ0) is 12.3. The number of rotatable bonds is 4. The van der Waals surface area contributed by atoms with Gasteiger partial charge in [-0.25, -0.2) is 4.98 Å². The van der Waals surface area contributed by atoms with E-state index in [0.29, 0.717) is 6.54 Å². The predicted molar refractivity (Wildman–Crippen MR) is 70.2 cm³/mol. The van der Waals surface area contributed by atoms with Crippen molar-refractivity contribution < 1.29 is 5.11 Å². The molecule has 4 heteroatoms. The molecule has 17 heavy (non-hydrogen) atoms. The van der Waals surface area contributed by atoms with Gasteiger partial charge < -0.3 is 16.2 Å². The van der Waals surface area contributed by atoms with E-state index in [1.54, 1.807) is 18.3 Å². The van der Waals surface area contributed by atoms with E-state index in [1.807, 2.05) is 12.1 Å². The Kier molecular flexibility index (Phi) is 3.44. The fourth-order valence-electron chi connectivity index (χ4n) is 1.83. The van der Waals surface area contributed by atoms with Gasteiger partial charge >= 0.3 is 0 Å². The molecule has 1 heterocycles. The van der Waals surface area contributed by atoms with E-state index in [4.69, 9.17) is 5.73 Å². The molecule has 0 fully saturated rings. The highest BCUT2D eigenvalue weighted by Crippen LogP contribution is 2.25. The first kappa shape index (κ1) is 11.7. The van der Waals surface area contributed by atoms with Gasteiger partial charge in [0.05, 0.1) is 0 Å². The average molecular weight is 231 g/mol. The number of fused-ring (bicyclic) bond motifs is 1. The maximum absolute atomic E-state index is 9.52. The molecule has 4 N–H and O–H groups in total. The zero-order valence-corrected chi connectivity index (χ0v) is 9.85. The molecule has 90 valence electrons. The molecule has 0 amide bonds. The lowest BCUT2D eigenvalue weighted by molar-refractivity contribution is 0.476. The maximum Gasteiger partial charge on any atom is 0.134 e. The van der Waals surface area contributed by atoms with E-state index in [2.05, 4.69) is 17.2 Å². The second-order valence-electron chi connectivity index (χ2n) is 4.19. The number of aromatic hydroxyl groups is 1. The average Bonchev–Trinajstić information content (AvgIpc) is 2.30. The Morgan fingerprint density at radius 1 is 1.41 bits per heavy atom. The first-order valence-electron chi connectivity index (χ1n) is 5.75. The van der Waals surface area contributed by atoms with Crippen molar-refractivity contribution in [2.24, 2.45) is 5.73 Å². The second kappa shape index (κ2) is 5.01. The van der Waals surface area contributed by atoms with Crippen molar-refractivity contribution in [3.8, 4) is 5.75 Å². The smallest absolute Gasteiger partial charge is 0.134 e. The van der Waals surface area contributed by atoms with Gasteiger partial charge in [-0.2, -0.15) is 0 Å². The highest BCUT2D eigenvalue weighted by atomic mass is 16.3. The largest absolute Gasteiger partial charge is 0.508 e. The SMILES string of the molecule is CC(CCN)Nc1nccc2ccc(O)cc12. The number of anilines is 1. The Morgan fingerprint density at radius 2 is 2.24 bits per heavy atom. The lowest BCUT2D eigenvalue weighted by atomic mass is 10.1. The minimum Gasteiger partial charge on any atom is -0.508 e. The predicted octanol–water partition coefficient (Wildman–Crippen LogP) is 2.09. The van der Waals surface area contributed by atoms with Crippen LogP contribution in [0.3, 0.4) is 0 Å². The van der Waals surface area contributed by atoms with Crippen LogP contribution in [-0.2, 0) is 0 Å². The Hall–Kier alpha value is -1.81. The molecule has 2 rings (SSSR count). The highest BCUT2D eigenvalue weighted by Gasteiger charge is 2.06. The van der Waals surface area contributed by atoms with Crippen molar-refractivity contribution in [1.82, 2.24) is 4.98 Å². The maximum atomic E-state index is 9.52. The van der Waals surface area contributed by atoms with Crippen LogP contribution in [0.25, 0.3) is 10.8 Å². The van der Waals surface area contributed by atoms with E-state index < -0.39 is 0 Å². The van der Waals surface area contributed by atoms with Crippen LogP contribution in [0.1, 0.15) is 13.3 Å². The molecule has 1 unspecified atom stereocenters. The van der Waals surface area contributed by atoms with Crippen LogP contribution in [0.2, 0.25) is 0 Å². The lowest BCUT2D eigenvalue weighted by Gasteiger charge is -2.15. The van der Waals surface area contributed by atoms with E-state index in [-0.39, 0.29) is 11.8 Å². The zero-order valence-electron chi connectivity index (χ0n) is 9.85. The molecule has 2 aromatic rings. The molecule has 1 aromatic carbocycles. The third-order valence-electron chi connectivity index (χ3n) is 2.73. The summed E-state index contributed by atoms with van der Waals surface area (Å²) < 4.78 is 0. The second-order valence-corrected chi connectivity index (χ2v) is 4.19. The van der Waals surface area contributed by atoms with Gasteiger partial charge in [0.15, 0.2) is 0 Å². The van der Waals surface area contributed by atoms with Crippen LogP contribution in [0.5, 0.6) is 5.75 Å². The van der Waals surface area contributed by atoms with E-state index in [9.17, 15) is 5.11 Å². The van der Waals surface area contributed by atoms with Crippen LogP contribution in [-0.4, -0.2) is 22.7 Å². The summed E-state index contributed by atoms with van der Waals surface area (Å²) in [7, 11) is 0. The Labute approximate surface area is 100 Å². The lowest BCUT2D eigenvalue weighted by Crippen LogP contribution is -2.20. The van der Waals surface area contributed by atoms with Crippen LogP contribution in [0, 0.1) is 0 Å². The van der Waals surface area contributed by atoms with Gasteiger partial charge in [0, 0.05) is 17.6 Å². The van der Waals surface area contributed by atoms with Gasteiger partial charge in [0.1, 0.15) is 11.6 Å². The van der Waals surface area contributed by atoms with Crippen molar-refractivity contribution in [3.63, 3.8) is 0 Å². The summed E-state index contributed by atoms with van der Waals surface area (Å²) in [5, 5.41) is 14.8. The Morgan fingerprint density at radius 3 is 3.00 bits per heavy atom. The van der Waals surface area contributed by atoms with Gasteiger partial charge in [-0.3, -0.25) is 0 Å². The van der Waals surface area contributed by atoms with Crippen LogP contribution < -0.4 is 11.1 Å². The van der Waals surface area contributed by atoms with E-state index in [1.165, 1.54) is 0 Å². The van der Waals surface area contributed by atoms with Crippen molar-refractivity contribution in [2.75, 3.05) is 11.9 Å². The van der Waals surface area contributed by atoms with Crippen LogP contribution >= 0.6 is 0 Å². The standard InChI is InChI=1S/C13H17N3O/c1-9(4-6-14)16-13-12-8-11(17)3-2-10(12)5-7-15-13/h2-3,5,7-9,17H,4,6,14H2,1H3,(H,15,16). The molecule has 1 aromatic heterocycles. The summed E-state index contributed by atoms with van der Waals surface area (Å²) in [6.45, 7) is 2.71. The summed E-state index contributed by atoms with van der Waals surface area (Å²) in [4.78, 5) is 4.31. The summed E-state index contributed by atoms with van der Waals surface area (Å²) in [5.74, 6) is 1.04. The molecular formula is C13H17N3O. The van der Waals surface area contributed by atoms with E-state index >= 15 is 0 Å². The number of benzene rings is 1. The minimum absolute atomic E-state index is 0.250. The van der Waals surface area contributed by atoms with Crippen LogP contribution in [0.4, 0.5) is 5.82 Å². The molecule has 0 aliphatic heterocycles. The van der Waals surface area contributed by atoms with Crippen molar-refractivity contribution in [3.05, 3.63) is 30.5 Å². The minimum atomic E-state index is 0.250. The molecular weight excluding hydrogens is 214 g/mol. The highest BCUT2D eigenvalue weighted by molar-refractivity contribution is 5.92. The van der Waals surface area contributed by atoms with Crippen molar-refractivity contribution in [2.45, 2.75) is 19.4 Å². The molecule has 0 aliphatic rings. The summed E-state index contributed by atoms with van der Waals surface area (Å²) in [6.07, 6.45) is 2.65. The monoisotopic (exact) mass is 231 g/mol. The quantitative estimate of drug-likeness (QED) is 0.753. The third kappa shape index (κ3) is 2.65. The number of nitrogens with two attached hydrogens (primary N) is 1. The van der Waals surface area contributed by atoms with Gasteiger partial charge in [-0.05, 0) is 43.5 Å². The number of hydrogen-bond donors (Lipinski definition) is 3. The number of nitrogens with zero attached hydrogens (tertiary/aromatic N) is 1. The summed E-state index contributed by atoms with van der Waals surface area (Å²) in [5.41, 5.74) is 5.52. The molecule has 1 atom stereocenters. The number of hydrogen-bond acceptors (Lipinski definition) is 4. The third-order valence-corrected chi connectivity index (χ3v) is 2.73. The fourth-order valence-corrected chi connectivity index (χ4v) is 1.83. The van der Waals surface area contributed by atoms with Gasteiger partial charge in [-0.15, -0.1) is 0 Å². The van der Waals surface area contributed by atoms with Crippen molar-refractivity contribution >= 4 is 16.6 Å². The van der Waals surface area contributed by atoms with Gasteiger partial charge in [0.2, 0.25) is 0 Å². The normalized spacial score (nSPS) is 12.6. The van der Waals surface area contributed by atoms with Gasteiger partial charge in [0.25, 0.3) is 0 Å². The first-order chi connectivity index (χ1) is 8.20. The van der Waals surface area contributed by atoms with Gasteiger partial charge in [-0.1, -0.05) is 6.07 Å². The number of pyridine rings is 1. The fraction of sp³-hybridized carbons (Fsp3) is 0.308. The number of aromatic nitrogens is 1. The number of phenols is 1. The Bertz CT molecular complexity index is 513. The molecule has 0 spiro atoms. The molecule has 0 aliphatic carbocycles. The molecule has 0 radical (unpaired) electrons. The van der Waals surface area contributed by atoms with E-state index in [0.717, 1.165) is 23.0 Å². The summed E-state index contributed by atoms with van der Waals surface area (Å²) >= 11 is 0. The number of nitrogens with one attached hydrogen (secondary N) is 1. The molecule has 0 bridgehead atoms. The van der Waals surface area contributed by atoms with Crippen LogP contribution in [0.15, 0.2) is 30.5 Å². The molecule has 0 saturated heterocycles. The Balaban J connectivity index is 2.36. The molecule has 4 nitrogen and oxygen atoms in total. The number of phenolic OH excluding ortho intramolecular Hbond substituents is 1. The van der Waals surface area contributed by atoms with Crippen molar-refractivity contribution in [1.29, 1.82) is 0 Å². The summed E-state index contributed by atoms with van der Waals surface area (Å²) in [6, 6.07) is 7.47. The molecule has 0 saturated carbocycles. The first-order valence-corrected chi connectivity index (χ1v) is 5.75. The topological polar surface area (TPSA) is 71.2 Å².